The lowest BCUT2D eigenvalue weighted by molar-refractivity contribution is -0.191. The summed E-state index contributed by atoms with van der Waals surface area (Å²) in [7, 11) is 0. The highest BCUT2D eigenvalue weighted by Crippen LogP contribution is 2.38. The van der Waals surface area contributed by atoms with Crippen LogP contribution < -0.4 is 5.32 Å². The van der Waals surface area contributed by atoms with Crippen molar-refractivity contribution in [3.05, 3.63) is 30.1 Å². The summed E-state index contributed by atoms with van der Waals surface area (Å²) in [6.07, 6.45) is 5.14. The predicted molar refractivity (Wildman–Crippen MR) is 90.9 cm³/mol. The van der Waals surface area contributed by atoms with E-state index in [0.717, 1.165) is 0 Å². The van der Waals surface area contributed by atoms with Crippen molar-refractivity contribution in [3.8, 4) is 0 Å². The fourth-order valence-electron chi connectivity index (χ4n) is 3.64. The molecule has 0 unspecified atom stereocenters. The molecule has 3 heterocycles. The van der Waals surface area contributed by atoms with E-state index >= 15 is 0 Å². The SMILES string of the molecule is CC(=O)N[C@H]1CC2(CCN(C(=O)c3cccnc3)CC2)OC[C@]1(C)O. The Morgan fingerprint density at radius 2 is 2.12 bits per heavy atom. The second-order valence-electron chi connectivity index (χ2n) is 7.32. The van der Waals surface area contributed by atoms with Crippen molar-refractivity contribution in [2.24, 2.45) is 0 Å². The summed E-state index contributed by atoms with van der Waals surface area (Å²) in [6, 6.07) is 3.17. The Morgan fingerprint density at radius 3 is 2.72 bits per heavy atom. The van der Waals surface area contributed by atoms with E-state index in [1.54, 1.807) is 31.5 Å². The Morgan fingerprint density at radius 1 is 1.40 bits per heavy atom. The fraction of sp³-hybridized carbons (Fsp3) is 0.611. The number of nitrogens with one attached hydrogen (secondary N) is 1. The van der Waals surface area contributed by atoms with Crippen LogP contribution in [-0.4, -0.2) is 63.7 Å². The summed E-state index contributed by atoms with van der Waals surface area (Å²) < 4.78 is 6.02. The third kappa shape index (κ3) is 3.82. The van der Waals surface area contributed by atoms with Crippen LogP contribution in [0.5, 0.6) is 0 Å². The number of rotatable bonds is 2. The van der Waals surface area contributed by atoms with Gasteiger partial charge in [0.05, 0.1) is 23.8 Å². The van der Waals surface area contributed by atoms with Gasteiger partial charge in [0.25, 0.3) is 5.91 Å². The van der Waals surface area contributed by atoms with Crippen molar-refractivity contribution in [1.82, 2.24) is 15.2 Å². The summed E-state index contributed by atoms with van der Waals surface area (Å²) in [5.41, 5.74) is -0.900. The van der Waals surface area contributed by atoms with Gasteiger partial charge >= 0.3 is 0 Å². The first-order valence-electron chi connectivity index (χ1n) is 8.64. The maximum atomic E-state index is 12.5. The molecule has 2 saturated heterocycles. The van der Waals surface area contributed by atoms with Crippen LogP contribution >= 0.6 is 0 Å². The lowest BCUT2D eigenvalue weighted by Crippen LogP contribution is -2.63. The Kier molecular flexibility index (Phi) is 4.79. The Hall–Kier alpha value is -1.99. The molecule has 0 bridgehead atoms. The molecule has 1 spiro atoms. The minimum absolute atomic E-state index is 0.0239. The van der Waals surface area contributed by atoms with Crippen LogP contribution in [-0.2, 0) is 9.53 Å². The molecule has 2 amide bonds. The van der Waals surface area contributed by atoms with E-state index in [4.69, 9.17) is 4.74 Å². The number of ether oxygens (including phenoxy) is 1. The number of likely N-dealkylation sites (tertiary alicyclic amines) is 1. The maximum Gasteiger partial charge on any atom is 0.255 e. The van der Waals surface area contributed by atoms with Gasteiger partial charge in [-0.25, -0.2) is 0 Å². The smallest absolute Gasteiger partial charge is 0.255 e. The van der Waals surface area contributed by atoms with Gasteiger partial charge in [0.2, 0.25) is 5.91 Å². The summed E-state index contributed by atoms with van der Waals surface area (Å²) in [5.74, 6) is -0.185. The zero-order chi connectivity index (χ0) is 18.1. The van der Waals surface area contributed by atoms with Gasteiger partial charge in [-0.3, -0.25) is 14.6 Å². The number of carbonyl (C=O) groups is 2. The highest BCUT2D eigenvalue weighted by molar-refractivity contribution is 5.93. The van der Waals surface area contributed by atoms with Crippen LogP contribution in [0.15, 0.2) is 24.5 Å². The number of nitrogens with zero attached hydrogens (tertiary/aromatic N) is 2. The van der Waals surface area contributed by atoms with Crippen LogP contribution in [0, 0.1) is 0 Å². The van der Waals surface area contributed by atoms with Crippen molar-refractivity contribution >= 4 is 11.8 Å². The number of piperidine rings is 1. The number of aliphatic hydroxyl groups is 1. The van der Waals surface area contributed by atoms with Gasteiger partial charge in [-0.2, -0.15) is 0 Å². The molecule has 0 radical (unpaired) electrons. The molecule has 1 aromatic rings. The second kappa shape index (κ2) is 6.72. The molecule has 0 aliphatic carbocycles. The molecule has 136 valence electrons. The first kappa shape index (κ1) is 17.8. The normalized spacial score (nSPS) is 28.6. The maximum absolute atomic E-state index is 12.5. The van der Waals surface area contributed by atoms with Crippen molar-refractivity contribution in [1.29, 1.82) is 0 Å². The second-order valence-corrected chi connectivity index (χ2v) is 7.32. The van der Waals surface area contributed by atoms with Gasteiger partial charge in [0.1, 0.15) is 5.60 Å². The van der Waals surface area contributed by atoms with E-state index in [2.05, 4.69) is 10.3 Å². The number of pyridine rings is 1. The Bertz CT molecular complexity index is 639. The van der Waals surface area contributed by atoms with Crippen LogP contribution in [0.1, 0.15) is 43.5 Å². The minimum atomic E-state index is -1.08. The third-order valence-corrected chi connectivity index (χ3v) is 5.25. The van der Waals surface area contributed by atoms with Gasteiger partial charge in [-0.15, -0.1) is 0 Å². The van der Waals surface area contributed by atoms with Crippen LogP contribution in [0.3, 0.4) is 0 Å². The van der Waals surface area contributed by atoms with Crippen molar-refractivity contribution < 1.29 is 19.4 Å². The number of aromatic nitrogens is 1. The summed E-state index contributed by atoms with van der Waals surface area (Å²) >= 11 is 0. The average Bonchev–Trinajstić information content (AvgIpc) is 2.59. The molecule has 2 aliphatic rings. The van der Waals surface area contributed by atoms with E-state index in [1.165, 1.54) is 6.92 Å². The van der Waals surface area contributed by atoms with Gasteiger partial charge in [0.15, 0.2) is 0 Å². The minimum Gasteiger partial charge on any atom is -0.386 e. The zero-order valence-electron chi connectivity index (χ0n) is 14.7. The molecule has 2 atom stereocenters. The predicted octanol–water partition coefficient (Wildman–Crippen LogP) is 0.732. The summed E-state index contributed by atoms with van der Waals surface area (Å²) in [6.45, 7) is 4.48. The molecule has 3 rings (SSSR count). The number of hydrogen-bond donors (Lipinski definition) is 2. The topological polar surface area (TPSA) is 91.8 Å². The molecule has 0 aromatic carbocycles. The third-order valence-electron chi connectivity index (χ3n) is 5.25. The molecule has 7 heteroatoms. The number of amides is 2. The highest BCUT2D eigenvalue weighted by Gasteiger charge is 2.49. The average molecular weight is 347 g/mol. The Labute approximate surface area is 147 Å². The van der Waals surface area contributed by atoms with Crippen LogP contribution in [0.25, 0.3) is 0 Å². The van der Waals surface area contributed by atoms with Crippen LogP contribution in [0.4, 0.5) is 0 Å². The van der Waals surface area contributed by atoms with E-state index in [0.29, 0.717) is 37.9 Å². The lowest BCUT2D eigenvalue weighted by Gasteiger charge is -2.50. The van der Waals surface area contributed by atoms with Crippen molar-refractivity contribution in [2.45, 2.75) is 50.4 Å². The van der Waals surface area contributed by atoms with Gasteiger partial charge in [0, 0.05) is 32.4 Å². The molecule has 2 aliphatic heterocycles. The van der Waals surface area contributed by atoms with E-state index in [-0.39, 0.29) is 24.5 Å². The lowest BCUT2D eigenvalue weighted by atomic mass is 9.77. The molecule has 2 fully saturated rings. The molecule has 0 saturated carbocycles. The van der Waals surface area contributed by atoms with Gasteiger partial charge in [-0.05, 0) is 38.3 Å². The largest absolute Gasteiger partial charge is 0.386 e. The quantitative estimate of drug-likeness (QED) is 0.823. The fourth-order valence-corrected chi connectivity index (χ4v) is 3.64. The molecule has 25 heavy (non-hydrogen) atoms. The molecule has 1 aromatic heterocycles. The Balaban J connectivity index is 1.65. The van der Waals surface area contributed by atoms with E-state index < -0.39 is 11.2 Å². The number of hydrogen-bond acceptors (Lipinski definition) is 5. The monoisotopic (exact) mass is 347 g/mol. The first-order chi connectivity index (χ1) is 11.8. The van der Waals surface area contributed by atoms with E-state index in [1.807, 2.05) is 4.90 Å². The van der Waals surface area contributed by atoms with Crippen LogP contribution in [0.2, 0.25) is 0 Å². The summed E-state index contributed by atoms with van der Waals surface area (Å²) in [4.78, 5) is 29.8. The van der Waals surface area contributed by atoms with Crippen molar-refractivity contribution in [2.75, 3.05) is 19.7 Å². The van der Waals surface area contributed by atoms with Gasteiger partial charge < -0.3 is 20.1 Å². The van der Waals surface area contributed by atoms with Gasteiger partial charge in [-0.1, -0.05) is 0 Å². The molecule has 2 N–H and O–H groups in total. The first-order valence-corrected chi connectivity index (χ1v) is 8.64. The summed E-state index contributed by atoms with van der Waals surface area (Å²) in [5, 5.41) is 13.3. The number of carbonyl (C=O) groups excluding carboxylic acids is 2. The highest BCUT2D eigenvalue weighted by atomic mass is 16.5. The van der Waals surface area contributed by atoms with E-state index in [9.17, 15) is 14.7 Å². The molecule has 7 nitrogen and oxygen atoms in total. The molecular formula is C18H25N3O4. The zero-order valence-corrected chi connectivity index (χ0v) is 14.7. The standard InChI is InChI=1S/C18H25N3O4/c1-13(22)20-15-10-18(25-12-17(15,2)24)5-8-21(9-6-18)16(23)14-4-3-7-19-11-14/h3-4,7,11,15,24H,5-6,8-10,12H2,1-2H3,(H,20,22)/t15-,17-/m0/s1. The van der Waals surface area contributed by atoms with Crippen molar-refractivity contribution in [3.63, 3.8) is 0 Å². The molecular weight excluding hydrogens is 322 g/mol.